The molecule has 20 heavy (non-hydrogen) atoms. The first kappa shape index (κ1) is 13.7. The highest BCUT2D eigenvalue weighted by atomic mass is 16.4. The molecule has 1 atom stereocenters. The van der Waals surface area contributed by atoms with E-state index in [1.807, 2.05) is 0 Å². The maximum atomic E-state index is 12.3. The third-order valence-electron chi connectivity index (χ3n) is 3.01. The summed E-state index contributed by atoms with van der Waals surface area (Å²) in [5, 5.41) is 9.00. The number of aromatic nitrogens is 1. The van der Waals surface area contributed by atoms with Crippen LogP contribution in [0.4, 0.5) is 5.69 Å². The molecule has 5 nitrogen and oxygen atoms in total. The molecule has 0 aliphatic carbocycles. The van der Waals surface area contributed by atoms with Gasteiger partial charge in [0.05, 0.1) is 17.3 Å². The van der Waals surface area contributed by atoms with Crippen LogP contribution in [0.1, 0.15) is 34.6 Å². The third kappa shape index (κ3) is 2.66. The van der Waals surface area contributed by atoms with E-state index in [1.165, 1.54) is 19.1 Å². The van der Waals surface area contributed by atoms with Crippen LogP contribution in [0.3, 0.4) is 0 Å². The number of pyridine rings is 1. The van der Waals surface area contributed by atoms with Crippen molar-refractivity contribution in [2.75, 3.05) is 5.73 Å². The molecule has 0 aliphatic heterocycles. The molecular formula is C15H14N2O3. The number of nitrogen functional groups attached to an aromatic ring is 1. The Balaban J connectivity index is 2.44. The van der Waals surface area contributed by atoms with Gasteiger partial charge in [0.15, 0.2) is 0 Å². The minimum absolute atomic E-state index is 0.0850. The monoisotopic (exact) mass is 270 g/mol. The number of rotatable bonds is 4. The van der Waals surface area contributed by atoms with Crippen LogP contribution in [0.5, 0.6) is 0 Å². The number of aliphatic carboxylic acids is 1. The third-order valence-corrected chi connectivity index (χ3v) is 3.01. The molecular weight excluding hydrogens is 256 g/mol. The fourth-order valence-electron chi connectivity index (χ4n) is 1.76. The van der Waals surface area contributed by atoms with Crippen molar-refractivity contribution in [1.29, 1.82) is 0 Å². The van der Waals surface area contributed by atoms with Crippen molar-refractivity contribution in [2.24, 2.45) is 0 Å². The van der Waals surface area contributed by atoms with Gasteiger partial charge in [-0.15, -0.1) is 0 Å². The number of ketones is 1. The molecule has 0 amide bonds. The Kier molecular flexibility index (Phi) is 3.79. The number of anilines is 1. The summed E-state index contributed by atoms with van der Waals surface area (Å²) >= 11 is 0. The summed E-state index contributed by atoms with van der Waals surface area (Å²) < 4.78 is 0. The highest BCUT2D eigenvalue weighted by Crippen LogP contribution is 2.19. The number of carboxylic acid groups (broad SMARTS) is 1. The fraction of sp³-hybridized carbons (Fsp3) is 0.133. The highest BCUT2D eigenvalue weighted by Gasteiger charge is 2.20. The van der Waals surface area contributed by atoms with E-state index in [4.69, 9.17) is 10.8 Å². The molecule has 3 N–H and O–H groups in total. The molecule has 0 bridgehead atoms. The van der Waals surface area contributed by atoms with Crippen molar-refractivity contribution >= 4 is 17.4 Å². The van der Waals surface area contributed by atoms with Gasteiger partial charge in [0.1, 0.15) is 5.69 Å². The maximum Gasteiger partial charge on any atom is 0.312 e. The molecule has 2 aromatic rings. The maximum absolute atomic E-state index is 12.3. The second-order valence-electron chi connectivity index (χ2n) is 4.43. The summed E-state index contributed by atoms with van der Waals surface area (Å²) in [4.78, 5) is 27.4. The van der Waals surface area contributed by atoms with E-state index in [9.17, 15) is 9.59 Å². The molecule has 1 aromatic carbocycles. The van der Waals surface area contributed by atoms with Gasteiger partial charge in [-0.2, -0.15) is 0 Å². The lowest BCUT2D eigenvalue weighted by molar-refractivity contribution is -0.138. The van der Waals surface area contributed by atoms with Crippen molar-refractivity contribution in [3.63, 3.8) is 0 Å². The van der Waals surface area contributed by atoms with Crippen LogP contribution in [-0.2, 0) is 4.79 Å². The predicted octanol–water partition coefficient (Wildman–Crippen LogP) is 2.08. The summed E-state index contributed by atoms with van der Waals surface area (Å²) in [5.41, 5.74) is 6.87. The van der Waals surface area contributed by atoms with Gasteiger partial charge in [-0.25, -0.2) is 4.98 Å². The molecule has 1 aromatic heterocycles. The van der Waals surface area contributed by atoms with Gasteiger partial charge in [0.2, 0.25) is 5.78 Å². The molecule has 0 aliphatic rings. The van der Waals surface area contributed by atoms with E-state index in [1.54, 1.807) is 30.3 Å². The van der Waals surface area contributed by atoms with Gasteiger partial charge < -0.3 is 10.8 Å². The summed E-state index contributed by atoms with van der Waals surface area (Å²) in [6.45, 7) is 1.51. The number of nitrogens with zero attached hydrogens (tertiary/aromatic N) is 1. The van der Waals surface area contributed by atoms with E-state index in [-0.39, 0.29) is 17.2 Å². The van der Waals surface area contributed by atoms with Gasteiger partial charge in [0.25, 0.3) is 0 Å². The van der Waals surface area contributed by atoms with Crippen LogP contribution in [0.15, 0.2) is 42.5 Å². The van der Waals surface area contributed by atoms with Gasteiger partial charge in [-0.05, 0) is 19.1 Å². The Morgan fingerprint density at radius 2 is 1.80 bits per heavy atom. The number of hydrogen-bond acceptors (Lipinski definition) is 4. The number of benzene rings is 1. The van der Waals surface area contributed by atoms with Crippen molar-refractivity contribution < 1.29 is 14.7 Å². The Hall–Kier alpha value is -2.69. The Morgan fingerprint density at radius 3 is 2.40 bits per heavy atom. The lowest BCUT2D eigenvalue weighted by atomic mass is 10.0. The minimum atomic E-state index is -1.000. The zero-order chi connectivity index (χ0) is 14.7. The molecule has 1 unspecified atom stereocenters. The number of carbonyl (C=O) groups excluding carboxylic acids is 1. The van der Waals surface area contributed by atoms with E-state index in [2.05, 4.69) is 4.98 Å². The number of hydrogen-bond donors (Lipinski definition) is 2. The predicted molar refractivity (Wildman–Crippen MR) is 74.6 cm³/mol. The van der Waals surface area contributed by atoms with E-state index < -0.39 is 11.9 Å². The van der Waals surface area contributed by atoms with Crippen LogP contribution in [0.2, 0.25) is 0 Å². The van der Waals surface area contributed by atoms with Crippen LogP contribution in [0.25, 0.3) is 0 Å². The smallest absolute Gasteiger partial charge is 0.312 e. The molecule has 1 heterocycles. The van der Waals surface area contributed by atoms with E-state index in [0.717, 1.165) is 0 Å². The molecule has 5 heteroatoms. The SMILES string of the molecule is CC(C(=O)O)c1ccc(N)c(C(=O)c2ccccc2)n1. The van der Waals surface area contributed by atoms with E-state index >= 15 is 0 Å². The average Bonchev–Trinajstić information content (AvgIpc) is 2.47. The molecule has 102 valence electrons. The van der Waals surface area contributed by atoms with Gasteiger partial charge in [0, 0.05) is 5.56 Å². The number of carbonyl (C=O) groups is 2. The first-order chi connectivity index (χ1) is 9.50. The normalized spacial score (nSPS) is 11.8. The second kappa shape index (κ2) is 5.52. The van der Waals surface area contributed by atoms with Gasteiger partial charge in [-0.1, -0.05) is 30.3 Å². The zero-order valence-corrected chi connectivity index (χ0v) is 10.9. The largest absolute Gasteiger partial charge is 0.481 e. The van der Waals surface area contributed by atoms with Crippen LogP contribution in [0, 0.1) is 0 Å². The van der Waals surface area contributed by atoms with Crippen LogP contribution >= 0.6 is 0 Å². The number of nitrogens with two attached hydrogens (primary N) is 1. The summed E-state index contributed by atoms with van der Waals surface area (Å²) in [6.07, 6.45) is 0. The average molecular weight is 270 g/mol. The summed E-state index contributed by atoms with van der Waals surface area (Å²) in [5.74, 6) is -2.11. The second-order valence-corrected chi connectivity index (χ2v) is 4.43. The Bertz CT molecular complexity index is 653. The summed E-state index contributed by atoms with van der Waals surface area (Å²) in [7, 11) is 0. The molecule has 0 saturated carbocycles. The zero-order valence-electron chi connectivity index (χ0n) is 10.9. The molecule has 0 fully saturated rings. The van der Waals surface area contributed by atoms with Crippen molar-refractivity contribution in [1.82, 2.24) is 4.98 Å². The number of carboxylic acids is 1. The lowest BCUT2D eigenvalue weighted by Gasteiger charge is -2.09. The van der Waals surface area contributed by atoms with Crippen molar-refractivity contribution in [3.05, 3.63) is 59.4 Å². The molecule has 0 saturated heterocycles. The standard InChI is InChI=1S/C15H14N2O3/c1-9(15(19)20)12-8-7-11(16)13(17-12)14(18)10-5-3-2-4-6-10/h2-9H,16H2,1H3,(H,19,20). The van der Waals surface area contributed by atoms with Crippen LogP contribution < -0.4 is 5.73 Å². The van der Waals surface area contributed by atoms with Crippen molar-refractivity contribution in [3.8, 4) is 0 Å². The van der Waals surface area contributed by atoms with Gasteiger partial charge >= 0.3 is 5.97 Å². The lowest BCUT2D eigenvalue weighted by Crippen LogP contribution is -2.14. The highest BCUT2D eigenvalue weighted by molar-refractivity contribution is 6.10. The first-order valence-electron chi connectivity index (χ1n) is 6.09. The Morgan fingerprint density at radius 1 is 1.15 bits per heavy atom. The fourth-order valence-corrected chi connectivity index (χ4v) is 1.76. The summed E-state index contributed by atoms with van der Waals surface area (Å²) in [6, 6.07) is 11.7. The molecule has 0 radical (unpaired) electrons. The minimum Gasteiger partial charge on any atom is -0.481 e. The van der Waals surface area contributed by atoms with Crippen molar-refractivity contribution in [2.45, 2.75) is 12.8 Å². The quantitative estimate of drug-likeness (QED) is 0.830. The first-order valence-corrected chi connectivity index (χ1v) is 6.09. The topological polar surface area (TPSA) is 93.3 Å². The molecule has 0 spiro atoms. The van der Waals surface area contributed by atoms with E-state index in [0.29, 0.717) is 11.3 Å². The Labute approximate surface area is 116 Å². The molecule has 2 rings (SSSR count). The van der Waals surface area contributed by atoms with Crippen LogP contribution in [-0.4, -0.2) is 21.8 Å². The van der Waals surface area contributed by atoms with Gasteiger partial charge in [-0.3, -0.25) is 9.59 Å².